The van der Waals surface area contributed by atoms with E-state index in [1.54, 1.807) is 13.0 Å². The summed E-state index contributed by atoms with van der Waals surface area (Å²) in [5, 5.41) is 2.13. The number of benzene rings is 1. The molecule has 0 aliphatic carbocycles. The zero-order valence-electron chi connectivity index (χ0n) is 16.3. The third kappa shape index (κ3) is 5.11. The van der Waals surface area contributed by atoms with Crippen LogP contribution in [0, 0.1) is 0 Å². The fourth-order valence-electron chi connectivity index (χ4n) is 3.52. The van der Waals surface area contributed by atoms with Crippen molar-refractivity contribution in [3.8, 4) is 0 Å². The number of hydrogen-bond acceptors (Lipinski definition) is 7. The minimum Gasteiger partial charge on any atom is -0.452 e. The quantitative estimate of drug-likeness (QED) is 0.667. The Morgan fingerprint density at radius 3 is 2.72 bits per heavy atom. The van der Waals surface area contributed by atoms with Gasteiger partial charge in [0.25, 0.3) is 5.91 Å². The Bertz CT molecular complexity index is 917. The van der Waals surface area contributed by atoms with Gasteiger partial charge in [-0.15, -0.1) is 11.8 Å². The fourth-order valence-corrected chi connectivity index (χ4v) is 6.35. The molecule has 0 spiro atoms. The molecule has 1 N–H and O–H groups in total. The average molecular weight is 441 g/mol. The number of carbonyl (C=O) groups excluding carboxylic acids is 3. The number of sulfone groups is 1. The second kappa shape index (κ2) is 8.74. The highest BCUT2D eigenvalue weighted by molar-refractivity contribution is 8.01. The lowest BCUT2D eigenvalue weighted by Crippen LogP contribution is -2.46. The Labute approximate surface area is 174 Å². The predicted octanol–water partition coefficient (Wildman–Crippen LogP) is 1.46. The lowest BCUT2D eigenvalue weighted by Gasteiger charge is -2.29. The monoisotopic (exact) mass is 440 g/mol. The van der Waals surface area contributed by atoms with Crippen LogP contribution in [0.15, 0.2) is 29.2 Å². The van der Waals surface area contributed by atoms with Crippen molar-refractivity contribution in [3.05, 3.63) is 24.3 Å². The summed E-state index contributed by atoms with van der Waals surface area (Å²) in [6.07, 6.45) is -0.817. The van der Waals surface area contributed by atoms with E-state index in [0.29, 0.717) is 18.7 Å². The minimum absolute atomic E-state index is 0.0606. The molecule has 3 rings (SSSR count). The molecule has 2 amide bonds. The summed E-state index contributed by atoms with van der Waals surface area (Å²) < 4.78 is 28.7. The molecule has 2 aliphatic heterocycles. The molecule has 0 unspecified atom stereocenters. The Morgan fingerprint density at radius 1 is 1.34 bits per heavy atom. The van der Waals surface area contributed by atoms with Gasteiger partial charge in [0.05, 0.1) is 28.9 Å². The Morgan fingerprint density at radius 2 is 2.07 bits per heavy atom. The molecule has 10 heteroatoms. The number of ether oxygens (including phenoxy) is 1. The van der Waals surface area contributed by atoms with Crippen LogP contribution >= 0.6 is 11.8 Å². The zero-order valence-corrected chi connectivity index (χ0v) is 17.9. The number of carbonyl (C=O) groups is 3. The first-order valence-electron chi connectivity index (χ1n) is 9.47. The smallest absolute Gasteiger partial charge is 0.308 e. The first-order chi connectivity index (χ1) is 13.7. The van der Waals surface area contributed by atoms with Crippen molar-refractivity contribution in [1.29, 1.82) is 0 Å². The Hall–Kier alpha value is -2.07. The summed E-state index contributed by atoms with van der Waals surface area (Å²) in [6, 6.07) is 6.92. The maximum Gasteiger partial charge on any atom is 0.308 e. The van der Waals surface area contributed by atoms with Crippen LogP contribution in [-0.2, 0) is 29.0 Å². The van der Waals surface area contributed by atoms with Crippen LogP contribution in [0.2, 0.25) is 0 Å². The number of para-hydroxylation sites is 1. The molecule has 1 saturated heterocycles. The molecule has 29 heavy (non-hydrogen) atoms. The van der Waals surface area contributed by atoms with Crippen LogP contribution in [0.5, 0.6) is 0 Å². The first-order valence-corrected chi connectivity index (χ1v) is 12.2. The molecule has 0 bridgehead atoms. The van der Waals surface area contributed by atoms with E-state index >= 15 is 0 Å². The van der Waals surface area contributed by atoms with E-state index in [1.165, 1.54) is 23.6 Å². The van der Waals surface area contributed by atoms with Gasteiger partial charge in [0.15, 0.2) is 15.9 Å². The number of esters is 1. The Kier molecular flexibility index (Phi) is 6.52. The molecule has 1 aromatic carbocycles. The lowest BCUT2D eigenvalue weighted by molar-refractivity contribution is -0.160. The van der Waals surface area contributed by atoms with Crippen molar-refractivity contribution in [2.75, 3.05) is 23.4 Å². The molecule has 1 aromatic rings. The highest BCUT2D eigenvalue weighted by Crippen LogP contribution is 2.36. The van der Waals surface area contributed by atoms with Crippen molar-refractivity contribution in [3.63, 3.8) is 0 Å². The Balaban J connectivity index is 1.57. The number of nitrogens with zero attached hydrogens (tertiary/aromatic N) is 1. The zero-order chi connectivity index (χ0) is 21.2. The number of hydrogen-bond donors (Lipinski definition) is 1. The largest absolute Gasteiger partial charge is 0.452 e. The summed E-state index contributed by atoms with van der Waals surface area (Å²) >= 11 is 1.28. The standard InChI is InChI=1S/C19H24N2O6S2/c1-3-21(13-8-9-29(25,26)11-13)19(24)12(2)27-17(22)10-16-18(23)20-14-6-4-5-7-15(14)28-16/h4-7,12-13,16H,3,8-11H2,1-2H3,(H,20,23)/t12-,13+,16+/m0/s1. The number of thioether (sulfide) groups is 1. The third-order valence-corrected chi connectivity index (χ3v) is 8.01. The second-order valence-corrected chi connectivity index (χ2v) is 10.6. The van der Waals surface area contributed by atoms with Crippen LogP contribution in [-0.4, -0.2) is 66.5 Å². The van der Waals surface area contributed by atoms with Gasteiger partial charge in [0, 0.05) is 17.5 Å². The van der Waals surface area contributed by atoms with Gasteiger partial charge in [-0.1, -0.05) is 12.1 Å². The van der Waals surface area contributed by atoms with Gasteiger partial charge in [0.1, 0.15) is 0 Å². The average Bonchev–Trinajstić information content (AvgIpc) is 3.02. The van der Waals surface area contributed by atoms with Crippen LogP contribution < -0.4 is 5.32 Å². The number of nitrogens with one attached hydrogen (secondary N) is 1. The molecule has 0 saturated carbocycles. The minimum atomic E-state index is -3.13. The van der Waals surface area contributed by atoms with E-state index in [0.717, 1.165) is 4.90 Å². The maximum atomic E-state index is 12.7. The lowest BCUT2D eigenvalue weighted by atomic mass is 10.2. The van der Waals surface area contributed by atoms with Crippen molar-refractivity contribution in [2.45, 2.75) is 49.0 Å². The molecule has 2 aliphatic rings. The van der Waals surface area contributed by atoms with Crippen LogP contribution in [0.1, 0.15) is 26.7 Å². The van der Waals surface area contributed by atoms with Crippen LogP contribution in [0.3, 0.4) is 0 Å². The molecule has 2 heterocycles. The highest BCUT2D eigenvalue weighted by Gasteiger charge is 2.37. The number of rotatable bonds is 6. The molecule has 1 fully saturated rings. The third-order valence-electron chi connectivity index (χ3n) is 4.99. The summed E-state index contributed by atoms with van der Waals surface area (Å²) in [5.41, 5.74) is 0.709. The molecule has 0 radical (unpaired) electrons. The molecule has 158 valence electrons. The van der Waals surface area contributed by atoms with E-state index in [-0.39, 0.29) is 23.8 Å². The van der Waals surface area contributed by atoms with E-state index < -0.39 is 39.1 Å². The van der Waals surface area contributed by atoms with Crippen LogP contribution in [0.4, 0.5) is 5.69 Å². The van der Waals surface area contributed by atoms with E-state index in [9.17, 15) is 22.8 Å². The van der Waals surface area contributed by atoms with Gasteiger partial charge < -0.3 is 15.0 Å². The fraction of sp³-hybridized carbons (Fsp3) is 0.526. The topological polar surface area (TPSA) is 110 Å². The molecule has 0 aromatic heterocycles. The van der Waals surface area contributed by atoms with Crippen molar-refractivity contribution in [2.24, 2.45) is 0 Å². The summed E-state index contributed by atoms with van der Waals surface area (Å²) in [5.74, 6) is -1.35. The summed E-state index contributed by atoms with van der Waals surface area (Å²) in [6.45, 7) is 3.56. The molecule has 3 atom stereocenters. The summed E-state index contributed by atoms with van der Waals surface area (Å²) in [4.78, 5) is 39.6. The van der Waals surface area contributed by atoms with Gasteiger partial charge in [-0.05, 0) is 32.4 Å². The van der Waals surface area contributed by atoms with Crippen molar-refractivity contribution >= 4 is 45.1 Å². The first kappa shape index (κ1) is 21.6. The van der Waals surface area contributed by atoms with Gasteiger partial charge >= 0.3 is 5.97 Å². The number of anilines is 1. The van der Waals surface area contributed by atoms with Gasteiger partial charge in [-0.25, -0.2) is 8.42 Å². The number of amides is 2. The molecular weight excluding hydrogens is 416 g/mol. The SMILES string of the molecule is CCN(C(=O)[C@H](C)OC(=O)C[C@H]1Sc2ccccc2NC1=O)[C@@H]1CCS(=O)(=O)C1. The van der Waals surface area contributed by atoms with Crippen LogP contribution in [0.25, 0.3) is 0 Å². The normalized spacial score (nSPS) is 23.6. The second-order valence-electron chi connectivity index (χ2n) is 7.11. The van der Waals surface area contributed by atoms with Crippen molar-refractivity contribution < 1.29 is 27.5 Å². The molecular formula is C19H24N2O6S2. The van der Waals surface area contributed by atoms with Gasteiger partial charge in [-0.3, -0.25) is 14.4 Å². The maximum absolute atomic E-state index is 12.7. The van der Waals surface area contributed by atoms with E-state index in [4.69, 9.17) is 4.74 Å². The van der Waals surface area contributed by atoms with E-state index in [1.807, 2.05) is 18.2 Å². The number of likely N-dealkylation sites (N-methyl/N-ethyl adjacent to an activating group) is 1. The van der Waals surface area contributed by atoms with Gasteiger partial charge in [0.2, 0.25) is 5.91 Å². The predicted molar refractivity (Wildman–Crippen MR) is 109 cm³/mol. The summed E-state index contributed by atoms with van der Waals surface area (Å²) in [7, 11) is -3.13. The number of fused-ring (bicyclic) bond motifs is 1. The van der Waals surface area contributed by atoms with Crippen molar-refractivity contribution in [1.82, 2.24) is 4.90 Å². The van der Waals surface area contributed by atoms with Gasteiger partial charge in [-0.2, -0.15) is 0 Å². The highest BCUT2D eigenvalue weighted by atomic mass is 32.2. The van der Waals surface area contributed by atoms with E-state index in [2.05, 4.69) is 5.32 Å². The molecule has 8 nitrogen and oxygen atoms in total.